The van der Waals surface area contributed by atoms with Crippen molar-refractivity contribution < 1.29 is 27.4 Å². The molecule has 32 heavy (non-hydrogen) atoms. The minimum Gasteiger partial charge on any atom is -0.474 e. The fraction of sp³-hybridized carbons (Fsp3) is 0.522. The summed E-state index contributed by atoms with van der Waals surface area (Å²) in [6.07, 6.45) is 0.389. The number of alkyl halides is 3. The predicted molar refractivity (Wildman–Crippen MR) is 113 cm³/mol. The number of rotatable bonds is 7. The Morgan fingerprint density at radius 1 is 1.12 bits per heavy atom. The molecular formula is C23H28F3N3O3. The largest absolute Gasteiger partial charge is 0.474 e. The molecule has 0 unspecified atom stereocenters. The maximum absolute atomic E-state index is 12.8. The van der Waals surface area contributed by atoms with Gasteiger partial charge in [0.25, 0.3) is 0 Å². The second-order valence-corrected chi connectivity index (χ2v) is 8.18. The van der Waals surface area contributed by atoms with E-state index in [0.717, 1.165) is 37.8 Å². The minimum absolute atomic E-state index is 0.0170. The Kier molecular flexibility index (Phi) is 7.71. The van der Waals surface area contributed by atoms with E-state index in [0.29, 0.717) is 29.3 Å². The second-order valence-electron chi connectivity index (χ2n) is 8.18. The Labute approximate surface area is 185 Å². The summed E-state index contributed by atoms with van der Waals surface area (Å²) in [5, 5.41) is 2.80. The second kappa shape index (κ2) is 10.3. The quantitative estimate of drug-likeness (QED) is 0.661. The van der Waals surface area contributed by atoms with E-state index >= 15 is 0 Å². The number of carbonyl (C=O) groups excluding carboxylic acids is 1. The van der Waals surface area contributed by atoms with E-state index in [9.17, 15) is 18.0 Å². The van der Waals surface area contributed by atoms with Crippen LogP contribution >= 0.6 is 0 Å². The Hall–Kier alpha value is -2.68. The van der Waals surface area contributed by atoms with Crippen LogP contribution in [0.4, 0.5) is 13.2 Å². The first-order chi connectivity index (χ1) is 15.1. The van der Waals surface area contributed by atoms with E-state index in [1.807, 2.05) is 6.92 Å². The van der Waals surface area contributed by atoms with Crippen LogP contribution in [-0.2, 0) is 15.7 Å². The minimum atomic E-state index is -4.38. The maximum Gasteiger partial charge on any atom is 0.416 e. The molecule has 1 heterocycles. The highest BCUT2D eigenvalue weighted by Crippen LogP contribution is 2.33. The highest BCUT2D eigenvalue weighted by molar-refractivity contribution is 5.73. The number of aromatic nitrogens is 2. The average Bonchev–Trinajstić information content (AvgIpc) is 2.74. The molecular weight excluding hydrogens is 423 g/mol. The molecule has 1 atom stereocenters. The number of carbonyl (C=O) groups is 1. The highest BCUT2D eigenvalue weighted by Gasteiger charge is 2.30. The van der Waals surface area contributed by atoms with Gasteiger partial charge in [0.05, 0.1) is 24.0 Å². The van der Waals surface area contributed by atoms with Crippen LogP contribution < -0.4 is 10.1 Å². The molecule has 2 aromatic rings. The van der Waals surface area contributed by atoms with Crippen LogP contribution in [-0.4, -0.2) is 40.7 Å². The first kappa shape index (κ1) is 24.0. The van der Waals surface area contributed by atoms with Crippen molar-refractivity contribution >= 4 is 5.91 Å². The fourth-order valence-corrected chi connectivity index (χ4v) is 3.80. The van der Waals surface area contributed by atoms with Gasteiger partial charge in [-0.1, -0.05) is 12.1 Å². The zero-order chi connectivity index (χ0) is 23.3. The molecule has 1 amide bonds. The van der Waals surface area contributed by atoms with Gasteiger partial charge in [0.1, 0.15) is 12.4 Å². The molecule has 0 bridgehead atoms. The number of hydrogen-bond donors (Lipinski definition) is 1. The lowest BCUT2D eigenvalue weighted by molar-refractivity contribution is -0.137. The topological polar surface area (TPSA) is 73.3 Å². The molecule has 1 fully saturated rings. The van der Waals surface area contributed by atoms with Gasteiger partial charge in [-0.25, -0.2) is 9.97 Å². The normalized spacial score (nSPS) is 19.9. The van der Waals surface area contributed by atoms with Gasteiger partial charge in [-0.05, 0) is 51.7 Å². The maximum atomic E-state index is 12.8. The SMILES string of the molecule is CC(=O)N[C@@H](C)COC1CCC(Oc2ncnc(-c3ccc(C(F)(F)F)cc3)c2C)CC1. The molecule has 1 aliphatic carbocycles. The Morgan fingerprint density at radius 2 is 1.75 bits per heavy atom. The number of ether oxygens (including phenoxy) is 2. The summed E-state index contributed by atoms with van der Waals surface area (Å²) >= 11 is 0. The third-order valence-corrected chi connectivity index (χ3v) is 5.45. The van der Waals surface area contributed by atoms with Crippen molar-refractivity contribution in [3.63, 3.8) is 0 Å². The first-order valence-electron chi connectivity index (χ1n) is 10.7. The summed E-state index contributed by atoms with van der Waals surface area (Å²) in [6, 6.07) is 4.88. The van der Waals surface area contributed by atoms with Crippen molar-refractivity contribution in [1.29, 1.82) is 0 Å². The van der Waals surface area contributed by atoms with Gasteiger partial charge in [0.2, 0.25) is 11.8 Å². The average molecular weight is 451 g/mol. The van der Waals surface area contributed by atoms with E-state index in [1.54, 1.807) is 6.92 Å². The molecule has 1 aliphatic rings. The summed E-state index contributed by atoms with van der Waals surface area (Å²) < 4.78 is 50.5. The Morgan fingerprint density at radius 3 is 2.34 bits per heavy atom. The van der Waals surface area contributed by atoms with Gasteiger partial charge in [-0.15, -0.1) is 0 Å². The van der Waals surface area contributed by atoms with Crippen molar-refractivity contribution in [3.8, 4) is 17.1 Å². The fourth-order valence-electron chi connectivity index (χ4n) is 3.80. The van der Waals surface area contributed by atoms with Crippen LogP contribution in [0.5, 0.6) is 5.88 Å². The summed E-state index contributed by atoms with van der Waals surface area (Å²) in [5.41, 5.74) is 1.12. The lowest BCUT2D eigenvalue weighted by Crippen LogP contribution is -2.37. The van der Waals surface area contributed by atoms with E-state index in [1.165, 1.54) is 25.4 Å². The van der Waals surface area contributed by atoms with Crippen LogP contribution in [0, 0.1) is 6.92 Å². The zero-order valence-corrected chi connectivity index (χ0v) is 18.4. The molecule has 0 saturated heterocycles. The van der Waals surface area contributed by atoms with E-state index in [4.69, 9.17) is 9.47 Å². The summed E-state index contributed by atoms with van der Waals surface area (Å²) in [6.45, 7) is 5.66. The van der Waals surface area contributed by atoms with Crippen LogP contribution in [0.2, 0.25) is 0 Å². The monoisotopic (exact) mass is 451 g/mol. The highest BCUT2D eigenvalue weighted by atomic mass is 19.4. The molecule has 1 aromatic carbocycles. The van der Waals surface area contributed by atoms with E-state index in [2.05, 4.69) is 15.3 Å². The summed E-state index contributed by atoms with van der Waals surface area (Å²) in [5.74, 6) is 0.368. The number of amides is 1. The van der Waals surface area contributed by atoms with Gasteiger partial charge in [0.15, 0.2) is 0 Å². The van der Waals surface area contributed by atoms with Crippen LogP contribution in [0.15, 0.2) is 30.6 Å². The lowest BCUT2D eigenvalue weighted by Gasteiger charge is -2.30. The molecule has 0 radical (unpaired) electrons. The number of nitrogens with zero attached hydrogens (tertiary/aromatic N) is 2. The molecule has 0 aliphatic heterocycles. The molecule has 3 rings (SSSR count). The predicted octanol–water partition coefficient (Wildman–Crippen LogP) is 4.70. The van der Waals surface area contributed by atoms with Crippen molar-refractivity contribution in [2.24, 2.45) is 0 Å². The molecule has 9 heteroatoms. The van der Waals surface area contributed by atoms with Gasteiger partial charge in [0, 0.05) is 24.1 Å². The van der Waals surface area contributed by atoms with Crippen LogP contribution in [0.1, 0.15) is 50.7 Å². The molecule has 6 nitrogen and oxygen atoms in total. The molecule has 1 aromatic heterocycles. The molecule has 1 saturated carbocycles. The standard InChI is InChI=1S/C23H28F3N3O3/c1-14(29-16(3)30)12-31-19-8-10-20(11-9-19)32-22-15(2)21(27-13-28-22)17-4-6-18(7-5-17)23(24,25)26/h4-7,13-14,19-20H,8-12H2,1-3H3,(H,29,30)/t14-,19?,20?/m0/s1. The zero-order valence-electron chi connectivity index (χ0n) is 18.4. The van der Waals surface area contributed by atoms with Crippen molar-refractivity contribution in [2.45, 2.75) is 70.9 Å². The van der Waals surface area contributed by atoms with Crippen molar-refractivity contribution in [1.82, 2.24) is 15.3 Å². The number of halogens is 3. The molecule has 1 N–H and O–H groups in total. The van der Waals surface area contributed by atoms with Crippen LogP contribution in [0.3, 0.4) is 0 Å². The first-order valence-corrected chi connectivity index (χ1v) is 10.7. The smallest absolute Gasteiger partial charge is 0.416 e. The van der Waals surface area contributed by atoms with Crippen molar-refractivity contribution in [2.75, 3.05) is 6.61 Å². The van der Waals surface area contributed by atoms with Gasteiger partial charge in [-0.2, -0.15) is 13.2 Å². The summed E-state index contributed by atoms with van der Waals surface area (Å²) in [4.78, 5) is 19.6. The lowest BCUT2D eigenvalue weighted by atomic mass is 9.95. The van der Waals surface area contributed by atoms with Gasteiger partial charge >= 0.3 is 6.18 Å². The Balaban J connectivity index is 1.57. The third kappa shape index (κ3) is 6.41. The van der Waals surface area contributed by atoms with Crippen LogP contribution in [0.25, 0.3) is 11.3 Å². The van der Waals surface area contributed by atoms with Gasteiger partial charge in [-0.3, -0.25) is 4.79 Å². The van der Waals surface area contributed by atoms with Gasteiger partial charge < -0.3 is 14.8 Å². The summed E-state index contributed by atoms with van der Waals surface area (Å²) in [7, 11) is 0. The third-order valence-electron chi connectivity index (χ3n) is 5.45. The number of hydrogen-bond acceptors (Lipinski definition) is 5. The van der Waals surface area contributed by atoms with Crippen molar-refractivity contribution in [3.05, 3.63) is 41.7 Å². The number of nitrogens with one attached hydrogen (secondary N) is 1. The molecule has 174 valence electrons. The van der Waals surface area contributed by atoms with E-state index < -0.39 is 11.7 Å². The Bertz CT molecular complexity index is 911. The number of benzene rings is 1. The van der Waals surface area contributed by atoms with E-state index in [-0.39, 0.29) is 24.2 Å². The molecule has 0 spiro atoms.